The van der Waals surface area contributed by atoms with Gasteiger partial charge in [-0.2, -0.15) is 0 Å². The Bertz CT molecular complexity index is 798. The van der Waals surface area contributed by atoms with Crippen molar-refractivity contribution in [1.29, 1.82) is 0 Å². The molecule has 2 atom stereocenters. The number of para-hydroxylation sites is 2. The van der Waals surface area contributed by atoms with Crippen LogP contribution in [0.4, 0.5) is 20.2 Å². The van der Waals surface area contributed by atoms with Gasteiger partial charge in [-0.3, -0.25) is 14.9 Å². The van der Waals surface area contributed by atoms with E-state index in [4.69, 9.17) is 0 Å². The van der Waals surface area contributed by atoms with Crippen molar-refractivity contribution in [3.8, 4) is 0 Å². The number of halogens is 2. The molecule has 0 bridgehead atoms. The highest BCUT2D eigenvalue weighted by Gasteiger charge is 2.24. The van der Waals surface area contributed by atoms with Crippen molar-refractivity contribution in [2.24, 2.45) is 0 Å². The number of nitro benzene ring substituents is 1. The molecule has 0 saturated carbocycles. The summed E-state index contributed by atoms with van der Waals surface area (Å²) in [6, 6.07) is 8.01. The number of nitrogens with zero attached hydrogens (tertiary/aromatic N) is 1. The Kier molecular flexibility index (Phi) is 5.76. The van der Waals surface area contributed by atoms with Crippen LogP contribution in [-0.4, -0.2) is 16.9 Å². The Morgan fingerprint density at radius 1 is 1.20 bits per heavy atom. The molecule has 2 rings (SSSR count). The maximum Gasteiger partial charge on any atom is 0.292 e. The maximum absolute atomic E-state index is 13.8. The second-order valence-electron chi connectivity index (χ2n) is 5.70. The molecule has 0 aliphatic heterocycles. The minimum absolute atomic E-state index is 0.0957. The highest BCUT2D eigenvalue weighted by molar-refractivity contribution is 5.95. The minimum atomic E-state index is -0.685. The van der Waals surface area contributed by atoms with Crippen molar-refractivity contribution in [2.45, 2.75) is 25.9 Å². The highest BCUT2D eigenvalue weighted by atomic mass is 19.1. The van der Waals surface area contributed by atoms with Gasteiger partial charge in [-0.05, 0) is 32.0 Å². The van der Waals surface area contributed by atoms with Crippen LogP contribution in [0.15, 0.2) is 42.5 Å². The standard InChI is InChI=1S/C17H17F2N3O3/c1-10(13-8-7-12(18)9-14(13)19)20-11(2)17(23)21-15-5-3-4-6-16(15)22(24)25/h3-11,20H,1-2H3,(H,21,23)/p+1/t10-,11-/m1/s1. The molecule has 3 N–H and O–H groups in total. The molecule has 0 aliphatic carbocycles. The van der Waals surface area contributed by atoms with E-state index in [2.05, 4.69) is 5.32 Å². The fraction of sp³-hybridized carbons (Fsp3) is 0.235. The number of quaternary nitrogens is 1. The summed E-state index contributed by atoms with van der Waals surface area (Å²) < 4.78 is 26.8. The highest BCUT2D eigenvalue weighted by Crippen LogP contribution is 2.23. The van der Waals surface area contributed by atoms with Crippen LogP contribution in [0.2, 0.25) is 0 Å². The third kappa shape index (κ3) is 4.57. The molecule has 0 spiro atoms. The summed E-state index contributed by atoms with van der Waals surface area (Å²) in [5.74, 6) is -1.81. The van der Waals surface area contributed by atoms with Crippen LogP contribution in [0, 0.1) is 21.7 Å². The first-order valence-corrected chi connectivity index (χ1v) is 7.63. The molecule has 8 heteroatoms. The van der Waals surface area contributed by atoms with E-state index in [1.807, 2.05) is 0 Å². The van der Waals surface area contributed by atoms with E-state index in [0.717, 1.165) is 12.1 Å². The van der Waals surface area contributed by atoms with Gasteiger partial charge in [0.05, 0.1) is 4.92 Å². The molecule has 0 radical (unpaired) electrons. The number of nitrogens with two attached hydrogens (primary N) is 1. The second kappa shape index (κ2) is 7.80. The van der Waals surface area contributed by atoms with Crippen LogP contribution in [0.1, 0.15) is 25.5 Å². The van der Waals surface area contributed by atoms with E-state index in [9.17, 15) is 23.7 Å². The number of anilines is 1. The number of amides is 1. The first-order chi connectivity index (χ1) is 11.8. The predicted octanol–water partition coefficient (Wildman–Crippen LogP) is 2.52. The van der Waals surface area contributed by atoms with Crippen LogP contribution in [-0.2, 0) is 4.79 Å². The molecule has 0 aliphatic rings. The van der Waals surface area contributed by atoms with Gasteiger partial charge in [0, 0.05) is 17.7 Å². The molecule has 0 saturated heterocycles. The summed E-state index contributed by atoms with van der Waals surface area (Å²) in [5.41, 5.74) is 0.158. The smallest absolute Gasteiger partial charge is 0.292 e. The Hall–Kier alpha value is -2.87. The molecule has 0 unspecified atom stereocenters. The lowest BCUT2D eigenvalue weighted by atomic mass is 10.1. The number of carbonyl (C=O) groups is 1. The van der Waals surface area contributed by atoms with E-state index in [1.54, 1.807) is 25.2 Å². The lowest BCUT2D eigenvalue weighted by Crippen LogP contribution is -2.91. The van der Waals surface area contributed by atoms with Crippen LogP contribution in [0.25, 0.3) is 0 Å². The summed E-state index contributed by atoms with van der Waals surface area (Å²) >= 11 is 0. The van der Waals surface area contributed by atoms with E-state index in [-0.39, 0.29) is 16.9 Å². The fourth-order valence-electron chi connectivity index (χ4n) is 2.48. The van der Waals surface area contributed by atoms with Crippen LogP contribution < -0.4 is 10.6 Å². The summed E-state index contributed by atoms with van der Waals surface area (Å²) in [7, 11) is 0. The van der Waals surface area contributed by atoms with Gasteiger partial charge in [-0.25, -0.2) is 8.78 Å². The number of hydrogen-bond donors (Lipinski definition) is 2. The van der Waals surface area contributed by atoms with Crippen LogP contribution in [0.5, 0.6) is 0 Å². The Balaban J connectivity index is 2.06. The third-order valence-electron chi connectivity index (χ3n) is 3.80. The van der Waals surface area contributed by atoms with Crippen molar-refractivity contribution >= 4 is 17.3 Å². The topological polar surface area (TPSA) is 88.8 Å². The van der Waals surface area contributed by atoms with E-state index in [0.29, 0.717) is 0 Å². The molecule has 0 aromatic heterocycles. The number of carbonyl (C=O) groups excluding carboxylic acids is 1. The lowest BCUT2D eigenvalue weighted by molar-refractivity contribution is -0.710. The Labute approximate surface area is 143 Å². The quantitative estimate of drug-likeness (QED) is 0.620. The fourth-order valence-corrected chi connectivity index (χ4v) is 2.48. The van der Waals surface area contributed by atoms with Crippen molar-refractivity contribution < 1.29 is 23.8 Å². The Morgan fingerprint density at radius 2 is 1.88 bits per heavy atom. The van der Waals surface area contributed by atoms with Crippen LogP contribution in [0.3, 0.4) is 0 Å². The van der Waals surface area contributed by atoms with Gasteiger partial charge in [0.1, 0.15) is 23.4 Å². The second-order valence-corrected chi connectivity index (χ2v) is 5.70. The molecule has 1 amide bonds. The summed E-state index contributed by atoms with van der Waals surface area (Å²) in [6.07, 6.45) is 0. The molecule has 0 heterocycles. The van der Waals surface area contributed by atoms with Crippen molar-refractivity contribution in [2.75, 3.05) is 5.32 Å². The Morgan fingerprint density at radius 3 is 2.52 bits per heavy atom. The van der Waals surface area contributed by atoms with E-state index >= 15 is 0 Å². The summed E-state index contributed by atoms with van der Waals surface area (Å²) in [5, 5.41) is 15.1. The van der Waals surface area contributed by atoms with Gasteiger partial charge in [-0.15, -0.1) is 0 Å². The number of nitro groups is 1. The molecular formula is C17H18F2N3O3+. The van der Waals surface area contributed by atoms with E-state index in [1.165, 1.54) is 24.3 Å². The normalized spacial score (nSPS) is 13.1. The maximum atomic E-state index is 13.8. The number of hydrogen-bond acceptors (Lipinski definition) is 3. The number of benzene rings is 2. The summed E-state index contributed by atoms with van der Waals surface area (Å²) in [6.45, 7) is 3.28. The van der Waals surface area contributed by atoms with Gasteiger partial charge in [-0.1, -0.05) is 12.1 Å². The van der Waals surface area contributed by atoms with Crippen molar-refractivity contribution in [1.82, 2.24) is 0 Å². The first-order valence-electron chi connectivity index (χ1n) is 7.63. The summed E-state index contributed by atoms with van der Waals surface area (Å²) in [4.78, 5) is 22.7. The molecule has 2 aromatic rings. The molecule has 132 valence electrons. The zero-order valence-electron chi connectivity index (χ0n) is 13.7. The van der Waals surface area contributed by atoms with Gasteiger partial charge in [0.25, 0.3) is 11.6 Å². The third-order valence-corrected chi connectivity index (χ3v) is 3.80. The van der Waals surface area contributed by atoms with Crippen LogP contribution >= 0.6 is 0 Å². The minimum Gasteiger partial charge on any atom is -0.330 e. The number of rotatable bonds is 6. The molecular weight excluding hydrogens is 332 g/mol. The average Bonchev–Trinajstić information content (AvgIpc) is 2.54. The molecule has 6 nitrogen and oxygen atoms in total. The average molecular weight is 350 g/mol. The van der Waals surface area contributed by atoms with Crippen molar-refractivity contribution in [3.05, 3.63) is 69.8 Å². The first kappa shape index (κ1) is 18.5. The number of nitrogens with one attached hydrogen (secondary N) is 1. The zero-order valence-corrected chi connectivity index (χ0v) is 13.7. The van der Waals surface area contributed by atoms with Gasteiger partial charge in [0.15, 0.2) is 6.04 Å². The molecule has 2 aromatic carbocycles. The lowest BCUT2D eigenvalue weighted by Gasteiger charge is -2.17. The zero-order chi connectivity index (χ0) is 18.6. The largest absolute Gasteiger partial charge is 0.330 e. The van der Waals surface area contributed by atoms with Gasteiger partial charge in [0.2, 0.25) is 0 Å². The van der Waals surface area contributed by atoms with E-state index < -0.39 is 34.5 Å². The van der Waals surface area contributed by atoms with Gasteiger partial charge >= 0.3 is 0 Å². The predicted molar refractivity (Wildman–Crippen MR) is 87.9 cm³/mol. The SMILES string of the molecule is C[C@@H]([NH2+][C@H](C)c1ccc(F)cc1F)C(=O)Nc1ccccc1[N+](=O)[O-]. The van der Waals surface area contributed by atoms with Crippen molar-refractivity contribution in [3.63, 3.8) is 0 Å². The molecule has 25 heavy (non-hydrogen) atoms. The van der Waals surface area contributed by atoms with Gasteiger partial charge < -0.3 is 10.6 Å². The molecule has 0 fully saturated rings. The monoisotopic (exact) mass is 350 g/mol.